The van der Waals surface area contributed by atoms with Crippen LogP contribution in [0.2, 0.25) is 0 Å². The summed E-state index contributed by atoms with van der Waals surface area (Å²) in [6, 6.07) is 4.98. The maximum atomic E-state index is 11.6. The number of nitrogens with one attached hydrogen (secondary N) is 1. The second-order valence-electron chi connectivity index (χ2n) is 2.97. The quantitative estimate of drug-likeness (QED) is 0.678. The van der Waals surface area contributed by atoms with Crippen molar-refractivity contribution in [3.8, 4) is 0 Å². The fraction of sp³-hybridized carbons (Fsp3) is 0.273. The fourth-order valence-corrected chi connectivity index (χ4v) is 2.03. The average molecular weight is 333 g/mol. The van der Waals surface area contributed by atoms with Crippen LogP contribution in [0.1, 0.15) is 27.6 Å². The molecule has 0 aliphatic heterocycles. The van der Waals surface area contributed by atoms with Crippen molar-refractivity contribution in [2.75, 3.05) is 13.7 Å². The van der Waals surface area contributed by atoms with Crippen LogP contribution in [0.25, 0.3) is 0 Å². The molecular weight excluding hydrogens is 321 g/mol. The van der Waals surface area contributed by atoms with Crippen molar-refractivity contribution < 1.29 is 14.3 Å². The van der Waals surface area contributed by atoms with E-state index in [9.17, 15) is 9.59 Å². The van der Waals surface area contributed by atoms with E-state index >= 15 is 0 Å². The minimum atomic E-state index is -0.405. The highest BCUT2D eigenvalue weighted by molar-refractivity contribution is 14.1. The molecule has 0 aliphatic carbocycles. The molecule has 0 aromatic heterocycles. The van der Waals surface area contributed by atoms with Gasteiger partial charge in [0.15, 0.2) is 0 Å². The van der Waals surface area contributed by atoms with Crippen molar-refractivity contribution in [2.24, 2.45) is 0 Å². The molecule has 5 heteroatoms. The van der Waals surface area contributed by atoms with Gasteiger partial charge < -0.3 is 10.1 Å². The molecule has 1 aromatic carbocycles. The summed E-state index contributed by atoms with van der Waals surface area (Å²) in [5.41, 5.74) is 0.900. The highest BCUT2D eigenvalue weighted by Gasteiger charge is 2.16. The second-order valence-corrected chi connectivity index (χ2v) is 4.05. The number of hydrogen-bond acceptors (Lipinski definition) is 3. The van der Waals surface area contributed by atoms with Crippen molar-refractivity contribution >= 4 is 34.5 Å². The van der Waals surface area contributed by atoms with E-state index in [1.807, 2.05) is 22.6 Å². The molecule has 0 heterocycles. The molecule has 0 bridgehead atoms. The fourth-order valence-electron chi connectivity index (χ4n) is 1.21. The third kappa shape index (κ3) is 2.72. The molecule has 0 radical (unpaired) electrons. The maximum absolute atomic E-state index is 11.6. The van der Waals surface area contributed by atoms with E-state index in [4.69, 9.17) is 4.74 Å². The molecule has 0 saturated carbocycles. The van der Waals surface area contributed by atoms with Crippen LogP contribution in [-0.2, 0) is 4.74 Å². The number of amides is 1. The predicted molar refractivity (Wildman–Crippen MR) is 68.5 cm³/mol. The van der Waals surface area contributed by atoms with Gasteiger partial charge in [-0.05, 0) is 41.6 Å². The van der Waals surface area contributed by atoms with Crippen LogP contribution < -0.4 is 5.32 Å². The van der Waals surface area contributed by atoms with E-state index in [-0.39, 0.29) is 5.91 Å². The van der Waals surface area contributed by atoms with Gasteiger partial charge in [-0.15, -0.1) is 0 Å². The van der Waals surface area contributed by atoms with Crippen LogP contribution in [0.3, 0.4) is 0 Å². The molecule has 0 spiro atoms. The van der Waals surface area contributed by atoms with Gasteiger partial charge in [-0.3, -0.25) is 4.79 Å². The van der Waals surface area contributed by atoms with E-state index in [0.29, 0.717) is 21.3 Å². The van der Waals surface area contributed by atoms with Gasteiger partial charge >= 0.3 is 5.97 Å². The molecule has 0 saturated heterocycles. The Kier molecular flexibility index (Phi) is 4.72. The zero-order chi connectivity index (χ0) is 12.1. The summed E-state index contributed by atoms with van der Waals surface area (Å²) >= 11 is 1.97. The second kappa shape index (κ2) is 5.83. The number of rotatable bonds is 3. The summed E-state index contributed by atoms with van der Waals surface area (Å²) < 4.78 is 5.51. The van der Waals surface area contributed by atoms with Crippen LogP contribution in [0.4, 0.5) is 0 Å². The normalized spacial score (nSPS) is 9.69. The molecule has 0 atom stereocenters. The van der Waals surface area contributed by atoms with Gasteiger partial charge in [-0.25, -0.2) is 4.79 Å². The monoisotopic (exact) mass is 333 g/mol. The van der Waals surface area contributed by atoms with Crippen molar-refractivity contribution in [1.82, 2.24) is 5.32 Å². The summed E-state index contributed by atoms with van der Waals surface area (Å²) in [6.45, 7) is 2.06. The van der Waals surface area contributed by atoms with E-state index in [2.05, 4.69) is 5.32 Å². The number of hydrogen-bond donors (Lipinski definition) is 1. The van der Waals surface area contributed by atoms with Crippen molar-refractivity contribution in [3.05, 3.63) is 32.9 Å². The maximum Gasteiger partial charge on any atom is 0.339 e. The summed E-state index contributed by atoms with van der Waals surface area (Å²) in [5, 5.41) is 2.52. The third-order valence-electron chi connectivity index (χ3n) is 1.97. The largest absolute Gasteiger partial charge is 0.462 e. The van der Waals surface area contributed by atoms with Gasteiger partial charge in [0.1, 0.15) is 0 Å². The number of carbonyl (C=O) groups is 2. The van der Waals surface area contributed by atoms with Gasteiger partial charge in [-0.1, -0.05) is 6.07 Å². The highest BCUT2D eigenvalue weighted by Crippen LogP contribution is 2.18. The third-order valence-corrected chi connectivity index (χ3v) is 3.13. The number of benzene rings is 1. The number of ether oxygens (including phenoxy) is 1. The van der Waals surface area contributed by atoms with Gasteiger partial charge in [0, 0.05) is 10.6 Å². The lowest BCUT2D eigenvalue weighted by Gasteiger charge is -2.08. The Morgan fingerprint density at radius 3 is 2.56 bits per heavy atom. The van der Waals surface area contributed by atoms with Crippen molar-refractivity contribution in [3.63, 3.8) is 0 Å². The first kappa shape index (κ1) is 13.0. The first-order valence-corrected chi connectivity index (χ1v) is 5.87. The van der Waals surface area contributed by atoms with Crippen LogP contribution in [0, 0.1) is 3.57 Å². The number of esters is 1. The molecule has 0 unspecified atom stereocenters. The van der Waals surface area contributed by atoms with Crippen molar-refractivity contribution in [1.29, 1.82) is 0 Å². The number of halogens is 1. The Morgan fingerprint density at radius 1 is 1.38 bits per heavy atom. The molecule has 1 aromatic rings. The topological polar surface area (TPSA) is 55.4 Å². The standard InChI is InChI=1S/C11H12INO3/c1-3-16-11(15)8-6-4-5-7(9(8)12)10(14)13-2/h4-6H,3H2,1-2H3,(H,13,14). The van der Waals surface area contributed by atoms with Gasteiger partial charge in [0.2, 0.25) is 0 Å². The van der Waals surface area contributed by atoms with Gasteiger partial charge in [0.05, 0.1) is 17.7 Å². The van der Waals surface area contributed by atoms with Gasteiger partial charge in [0.25, 0.3) is 5.91 Å². The molecule has 1 amide bonds. The molecule has 0 fully saturated rings. The summed E-state index contributed by atoms with van der Waals surface area (Å²) in [6.07, 6.45) is 0. The zero-order valence-electron chi connectivity index (χ0n) is 9.04. The summed E-state index contributed by atoms with van der Waals surface area (Å²) in [7, 11) is 1.55. The first-order valence-electron chi connectivity index (χ1n) is 4.79. The number of carbonyl (C=O) groups excluding carboxylic acids is 2. The lowest BCUT2D eigenvalue weighted by atomic mass is 10.1. The van der Waals surface area contributed by atoms with E-state index < -0.39 is 5.97 Å². The van der Waals surface area contributed by atoms with E-state index in [1.54, 1.807) is 32.2 Å². The highest BCUT2D eigenvalue weighted by atomic mass is 127. The molecule has 4 nitrogen and oxygen atoms in total. The molecule has 0 aliphatic rings. The smallest absolute Gasteiger partial charge is 0.339 e. The predicted octanol–water partition coefficient (Wildman–Crippen LogP) is 1.83. The average Bonchev–Trinajstić information content (AvgIpc) is 2.28. The van der Waals surface area contributed by atoms with Crippen LogP contribution in [0.5, 0.6) is 0 Å². The van der Waals surface area contributed by atoms with Gasteiger partial charge in [-0.2, -0.15) is 0 Å². The van der Waals surface area contributed by atoms with Crippen molar-refractivity contribution in [2.45, 2.75) is 6.92 Å². The Hall–Kier alpha value is -1.11. The Morgan fingerprint density at radius 2 is 2.00 bits per heavy atom. The van der Waals surface area contributed by atoms with E-state index in [0.717, 1.165) is 0 Å². The van der Waals surface area contributed by atoms with Crippen LogP contribution in [-0.4, -0.2) is 25.5 Å². The molecule has 1 N–H and O–H groups in total. The first-order chi connectivity index (χ1) is 7.61. The zero-order valence-corrected chi connectivity index (χ0v) is 11.2. The Labute approximate surface area is 108 Å². The molecule has 1 rings (SSSR count). The Bertz CT molecular complexity index is 418. The summed E-state index contributed by atoms with van der Waals surface area (Å²) in [5.74, 6) is -0.617. The molecule has 86 valence electrons. The minimum Gasteiger partial charge on any atom is -0.462 e. The molecule has 16 heavy (non-hydrogen) atoms. The molecular formula is C11H12INO3. The minimum absolute atomic E-state index is 0.212. The van der Waals surface area contributed by atoms with E-state index in [1.165, 1.54) is 0 Å². The summed E-state index contributed by atoms with van der Waals surface area (Å²) in [4.78, 5) is 23.1. The Balaban J connectivity index is 3.13. The lowest BCUT2D eigenvalue weighted by molar-refractivity contribution is 0.0525. The lowest BCUT2D eigenvalue weighted by Crippen LogP contribution is -2.20. The van der Waals surface area contributed by atoms with Crippen LogP contribution >= 0.6 is 22.6 Å². The van der Waals surface area contributed by atoms with Crippen LogP contribution in [0.15, 0.2) is 18.2 Å². The SMILES string of the molecule is CCOC(=O)c1cccc(C(=O)NC)c1I.